The van der Waals surface area contributed by atoms with Crippen LogP contribution < -0.4 is 10.4 Å². The summed E-state index contributed by atoms with van der Waals surface area (Å²) < 4.78 is 5.29. The number of carbonyl (C=O) groups is 3. The van der Waals surface area contributed by atoms with Gasteiger partial charge in [-0.25, -0.2) is 4.79 Å². The normalized spacial score (nSPS) is 26.3. The molecule has 26 heavy (non-hydrogen) atoms. The summed E-state index contributed by atoms with van der Waals surface area (Å²) >= 11 is 1.30. The summed E-state index contributed by atoms with van der Waals surface area (Å²) in [5.41, 5.74) is 1.11. The molecule has 2 aliphatic carbocycles. The number of hydrogen-bond acceptors (Lipinski definition) is 6. The number of anilines is 1. The predicted molar refractivity (Wildman–Crippen MR) is 95.7 cm³/mol. The van der Waals surface area contributed by atoms with E-state index in [-0.39, 0.29) is 23.8 Å². The number of rotatable bonds is 5. The van der Waals surface area contributed by atoms with Gasteiger partial charge in [-0.1, -0.05) is 12.2 Å². The van der Waals surface area contributed by atoms with Gasteiger partial charge in [0, 0.05) is 16.8 Å². The van der Waals surface area contributed by atoms with Crippen molar-refractivity contribution in [3.63, 3.8) is 0 Å². The van der Waals surface area contributed by atoms with Gasteiger partial charge in [0.2, 0.25) is 5.91 Å². The van der Waals surface area contributed by atoms with Gasteiger partial charge in [-0.2, -0.15) is 0 Å². The van der Waals surface area contributed by atoms with Crippen molar-refractivity contribution in [2.45, 2.75) is 40.2 Å². The third kappa shape index (κ3) is 3.16. The fourth-order valence-corrected chi connectivity index (χ4v) is 4.98. The molecule has 0 radical (unpaired) electrons. The van der Waals surface area contributed by atoms with Crippen LogP contribution in [0, 0.1) is 37.5 Å². The first-order valence-corrected chi connectivity index (χ1v) is 9.53. The van der Waals surface area contributed by atoms with E-state index in [1.807, 2.05) is 26.0 Å². The Kier molecular flexibility index (Phi) is 4.92. The van der Waals surface area contributed by atoms with Gasteiger partial charge in [-0.15, -0.1) is 11.3 Å². The number of hydrogen-bond donors (Lipinski definition) is 1. The number of aryl methyl sites for hydroxylation is 1. The molecular formula is C19H22NO5S-. The zero-order valence-electron chi connectivity index (χ0n) is 15.2. The Balaban J connectivity index is 1.86. The molecule has 7 heteroatoms. The van der Waals surface area contributed by atoms with E-state index in [1.165, 1.54) is 11.3 Å². The highest BCUT2D eigenvalue weighted by molar-refractivity contribution is 7.16. The first-order valence-electron chi connectivity index (χ1n) is 8.71. The van der Waals surface area contributed by atoms with E-state index in [9.17, 15) is 19.5 Å². The maximum absolute atomic E-state index is 12.9. The van der Waals surface area contributed by atoms with Crippen LogP contribution in [-0.4, -0.2) is 23.9 Å². The molecule has 1 aromatic rings. The van der Waals surface area contributed by atoms with E-state index in [0.717, 1.165) is 10.4 Å². The molecule has 2 aliphatic rings. The van der Waals surface area contributed by atoms with Crippen molar-refractivity contribution in [3.8, 4) is 0 Å². The number of allylic oxidation sites excluding steroid dienone is 2. The van der Waals surface area contributed by atoms with E-state index >= 15 is 0 Å². The first kappa shape index (κ1) is 18.6. The molecular weight excluding hydrogens is 354 g/mol. The topological polar surface area (TPSA) is 95.5 Å². The fraction of sp³-hybridized carbons (Fsp3) is 0.526. The lowest BCUT2D eigenvalue weighted by Gasteiger charge is -2.27. The van der Waals surface area contributed by atoms with Gasteiger partial charge >= 0.3 is 5.97 Å². The van der Waals surface area contributed by atoms with Crippen LogP contribution in [0.25, 0.3) is 0 Å². The number of carboxylic acid groups (broad SMARTS) is 1. The Hall–Kier alpha value is -2.15. The summed E-state index contributed by atoms with van der Waals surface area (Å²) in [5, 5.41) is 14.7. The second-order valence-electron chi connectivity index (χ2n) is 7.25. The van der Waals surface area contributed by atoms with Gasteiger partial charge in [-0.3, -0.25) is 4.79 Å². The lowest BCUT2D eigenvalue weighted by atomic mass is 9.82. The molecule has 140 valence electrons. The molecule has 4 atom stereocenters. The number of carboxylic acids is 1. The van der Waals surface area contributed by atoms with E-state index < -0.39 is 23.8 Å². The summed E-state index contributed by atoms with van der Waals surface area (Å²) in [7, 11) is 0. The zero-order valence-corrected chi connectivity index (χ0v) is 16.0. The summed E-state index contributed by atoms with van der Waals surface area (Å²) in [4.78, 5) is 37.7. The fourth-order valence-electron chi connectivity index (χ4n) is 3.93. The number of fused-ring (bicyclic) bond motifs is 2. The Morgan fingerprint density at radius 1 is 1.19 bits per heavy atom. The average molecular weight is 376 g/mol. The summed E-state index contributed by atoms with van der Waals surface area (Å²) in [5.74, 6) is -3.81. The number of thiophene rings is 1. The third-order valence-corrected chi connectivity index (χ3v) is 6.33. The van der Waals surface area contributed by atoms with Crippen molar-refractivity contribution in [2.75, 3.05) is 5.32 Å². The van der Waals surface area contributed by atoms with Crippen molar-refractivity contribution in [1.82, 2.24) is 0 Å². The van der Waals surface area contributed by atoms with Crippen LogP contribution in [0.4, 0.5) is 5.00 Å². The van der Waals surface area contributed by atoms with Gasteiger partial charge in [-0.05, 0) is 51.5 Å². The van der Waals surface area contributed by atoms with Crippen LogP contribution in [0.15, 0.2) is 12.2 Å². The predicted octanol–water partition coefficient (Wildman–Crippen LogP) is 2.06. The lowest BCUT2D eigenvalue weighted by Crippen LogP contribution is -2.42. The molecule has 1 fully saturated rings. The summed E-state index contributed by atoms with van der Waals surface area (Å²) in [6, 6.07) is 0. The summed E-state index contributed by atoms with van der Waals surface area (Å²) in [6.45, 7) is 7.20. The van der Waals surface area contributed by atoms with Crippen molar-refractivity contribution in [1.29, 1.82) is 0 Å². The van der Waals surface area contributed by atoms with E-state index in [1.54, 1.807) is 13.8 Å². The Bertz CT molecular complexity index is 794. The average Bonchev–Trinajstić information content (AvgIpc) is 3.20. The molecule has 1 amide bonds. The number of esters is 1. The highest BCUT2D eigenvalue weighted by Gasteiger charge is 2.49. The molecule has 0 saturated heterocycles. The lowest BCUT2D eigenvalue weighted by molar-refractivity contribution is -0.313. The number of aliphatic carboxylic acids is 1. The van der Waals surface area contributed by atoms with Gasteiger partial charge < -0.3 is 20.0 Å². The van der Waals surface area contributed by atoms with Gasteiger partial charge in [0.05, 0.1) is 17.6 Å². The molecule has 0 aromatic carbocycles. The quantitative estimate of drug-likeness (QED) is 0.627. The van der Waals surface area contributed by atoms with E-state index in [0.29, 0.717) is 17.0 Å². The van der Waals surface area contributed by atoms with Crippen LogP contribution in [0.3, 0.4) is 0 Å². The second kappa shape index (κ2) is 6.87. The van der Waals surface area contributed by atoms with Crippen LogP contribution >= 0.6 is 11.3 Å². The largest absolute Gasteiger partial charge is 0.550 e. The molecule has 1 aromatic heterocycles. The number of ether oxygens (including phenoxy) is 1. The monoisotopic (exact) mass is 376 g/mol. The minimum atomic E-state index is -1.19. The molecule has 1 saturated carbocycles. The number of carbonyl (C=O) groups excluding carboxylic acids is 3. The van der Waals surface area contributed by atoms with Crippen molar-refractivity contribution in [3.05, 3.63) is 28.2 Å². The van der Waals surface area contributed by atoms with Gasteiger partial charge in [0.1, 0.15) is 5.00 Å². The van der Waals surface area contributed by atoms with Gasteiger partial charge in [0.15, 0.2) is 0 Å². The second-order valence-corrected chi connectivity index (χ2v) is 8.47. The standard InChI is InChI=1S/C19H23NO5S/c1-8(2)25-19(24)13-9(3)10(4)26-17(13)20-16(21)14-11-5-6-12(7-11)15(14)18(22)23/h5-6,8,11-12,14-15H,7H2,1-4H3,(H,20,21)(H,22,23)/p-1/t11-,12-,14+,15+/m1/s1. The molecule has 0 spiro atoms. The zero-order chi connectivity index (χ0) is 19.2. The highest BCUT2D eigenvalue weighted by atomic mass is 32.1. The molecule has 6 nitrogen and oxygen atoms in total. The van der Waals surface area contributed by atoms with Crippen molar-refractivity contribution >= 4 is 34.2 Å². The number of amides is 1. The van der Waals surface area contributed by atoms with Crippen LogP contribution in [0.5, 0.6) is 0 Å². The van der Waals surface area contributed by atoms with Crippen molar-refractivity contribution < 1.29 is 24.2 Å². The van der Waals surface area contributed by atoms with Gasteiger partial charge in [0.25, 0.3) is 0 Å². The van der Waals surface area contributed by atoms with Crippen LogP contribution in [0.1, 0.15) is 41.1 Å². The third-order valence-electron chi connectivity index (χ3n) is 5.20. The van der Waals surface area contributed by atoms with Crippen LogP contribution in [0.2, 0.25) is 0 Å². The SMILES string of the molecule is Cc1sc(NC(=O)[C@@H]2[C@@H](C(=O)[O-])[C@@H]3C=C[C@@H]2C3)c(C(=O)OC(C)C)c1C. The smallest absolute Gasteiger partial charge is 0.341 e. The molecule has 3 rings (SSSR count). The Labute approximate surface area is 156 Å². The maximum Gasteiger partial charge on any atom is 0.341 e. The molecule has 0 aliphatic heterocycles. The Morgan fingerprint density at radius 3 is 2.38 bits per heavy atom. The summed E-state index contributed by atoms with van der Waals surface area (Å²) in [6.07, 6.45) is 4.15. The Morgan fingerprint density at radius 2 is 1.81 bits per heavy atom. The molecule has 2 bridgehead atoms. The molecule has 1 N–H and O–H groups in total. The molecule has 0 unspecified atom stereocenters. The highest BCUT2D eigenvalue weighted by Crippen LogP contribution is 2.48. The van der Waals surface area contributed by atoms with Crippen molar-refractivity contribution in [2.24, 2.45) is 23.7 Å². The van der Waals surface area contributed by atoms with Crippen LogP contribution in [-0.2, 0) is 14.3 Å². The number of nitrogens with one attached hydrogen (secondary N) is 1. The first-order chi connectivity index (χ1) is 12.2. The molecule has 1 heterocycles. The minimum Gasteiger partial charge on any atom is -0.550 e. The van der Waals surface area contributed by atoms with E-state index in [2.05, 4.69) is 5.32 Å². The maximum atomic E-state index is 12.9. The minimum absolute atomic E-state index is 0.101. The van der Waals surface area contributed by atoms with E-state index in [4.69, 9.17) is 4.74 Å².